The van der Waals surface area contributed by atoms with Gasteiger partial charge in [0.05, 0.1) is 12.5 Å². The Hall–Kier alpha value is -6.05. The van der Waals surface area contributed by atoms with E-state index in [9.17, 15) is 53.4 Å². The molecule has 1 aromatic heterocycles. The van der Waals surface area contributed by atoms with Crippen LogP contribution in [0.4, 0.5) is 0 Å². The van der Waals surface area contributed by atoms with E-state index in [0.29, 0.717) is 10.9 Å². The third-order valence-corrected chi connectivity index (χ3v) is 8.72. The smallest absolute Gasteiger partial charge is 0.326 e. The molecule has 2 aromatic rings. The molecule has 0 aliphatic rings. The van der Waals surface area contributed by atoms with Crippen LogP contribution in [-0.2, 0) is 49.6 Å². The Morgan fingerprint density at radius 1 is 0.632 bits per heavy atom. The molecule has 1 aromatic carbocycles. The van der Waals surface area contributed by atoms with E-state index in [1.807, 2.05) is 0 Å². The molecule has 0 spiro atoms. The van der Waals surface area contributed by atoms with Crippen LogP contribution < -0.4 is 38.1 Å². The highest BCUT2D eigenvalue weighted by molar-refractivity contribution is 5.97. The maximum absolute atomic E-state index is 13.9. The standard InChI is InChI=1S/C37H54N8O12/c1-18(2)13-26(43-32(51)22(38)16-31(49)50)35(54)42-25(10-12-30(47)48)33(52)41-24(9-11-29(39)46)34(53)44-27(36(55)45-28(37(56)57)14-19(3)4)15-20-17-40-23-8-6-5-7-21(20)23/h5-8,17-19,22,24-28,40H,9-16,38H2,1-4H3,(H2,39,46)(H,41,52)(H,42,54)(H,43,51)(H,44,53)(H,45,55)(H,47,48)(H,49,50)(H,56,57)/t22-,24-,25-,26-,27-,28-/m0/s1. The molecule has 314 valence electrons. The minimum atomic E-state index is -1.62. The molecule has 13 N–H and O–H groups in total. The Bertz CT molecular complexity index is 1780. The molecule has 0 aliphatic heterocycles. The Morgan fingerprint density at radius 3 is 1.63 bits per heavy atom. The average Bonchev–Trinajstić information content (AvgIpc) is 3.52. The van der Waals surface area contributed by atoms with Gasteiger partial charge in [-0.3, -0.25) is 38.4 Å². The summed E-state index contributed by atoms with van der Waals surface area (Å²) in [5.41, 5.74) is 12.3. The first-order valence-corrected chi connectivity index (χ1v) is 18.4. The second kappa shape index (κ2) is 22.5. The highest BCUT2D eigenvalue weighted by atomic mass is 16.4. The van der Waals surface area contributed by atoms with Crippen molar-refractivity contribution in [2.45, 2.75) is 115 Å². The number of para-hydroxylation sites is 1. The fourth-order valence-corrected chi connectivity index (χ4v) is 5.87. The van der Waals surface area contributed by atoms with Crippen LogP contribution in [0.3, 0.4) is 0 Å². The number of rotatable bonds is 25. The fraction of sp³-hybridized carbons (Fsp3) is 0.541. The molecule has 57 heavy (non-hydrogen) atoms. The normalized spacial score (nSPS) is 14.4. The lowest BCUT2D eigenvalue weighted by Gasteiger charge is -2.27. The summed E-state index contributed by atoms with van der Waals surface area (Å²) in [4.78, 5) is 117. The van der Waals surface area contributed by atoms with Crippen molar-refractivity contribution >= 4 is 64.3 Å². The Labute approximate surface area is 328 Å². The van der Waals surface area contributed by atoms with Crippen LogP contribution in [0.5, 0.6) is 0 Å². The molecular formula is C37H54N8O12. The molecular weight excluding hydrogens is 748 g/mol. The monoisotopic (exact) mass is 802 g/mol. The molecule has 0 radical (unpaired) electrons. The van der Waals surface area contributed by atoms with Crippen molar-refractivity contribution in [1.29, 1.82) is 0 Å². The van der Waals surface area contributed by atoms with Crippen molar-refractivity contribution in [3.63, 3.8) is 0 Å². The molecule has 6 atom stereocenters. The van der Waals surface area contributed by atoms with Gasteiger partial charge in [-0.05, 0) is 49.1 Å². The summed E-state index contributed by atoms with van der Waals surface area (Å²) in [6.07, 6.45) is -1.11. The highest BCUT2D eigenvalue weighted by Crippen LogP contribution is 2.20. The zero-order valence-electron chi connectivity index (χ0n) is 32.3. The van der Waals surface area contributed by atoms with Gasteiger partial charge in [0.2, 0.25) is 35.4 Å². The summed E-state index contributed by atoms with van der Waals surface area (Å²) in [6, 6.07) is -1.64. The number of aromatic nitrogens is 1. The lowest BCUT2D eigenvalue weighted by Crippen LogP contribution is -2.59. The van der Waals surface area contributed by atoms with Gasteiger partial charge in [-0.2, -0.15) is 0 Å². The van der Waals surface area contributed by atoms with Gasteiger partial charge < -0.3 is 58.4 Å². The zero-order valence-corrected chi connectivity index (χ0v) is 32.3. The maximum Gasteiger partial charge on any atom is 0.326 e. The Balaban J connectivity index is 2.44. The van der Waals surface area contributed by atoms with Crippen molar-refractivity contribution in [3.8, 4) is 0 Å². The van der Waals surface area contributed by atoms with Crippen molar-refractivity contribution in [2.75, 3.05) is 0 Å². The van der Waals surface area contributed by atoms with Crippen molar-refractivity contribution in [3.05, 3.63) is 36.0 Å². The van der Waals surface area contributed by atoms with Crippen LogP contribution >= 0.6 is 0 Å². The number of hydrogen-bond acceptors (Lipinski definition) is 10. The number of aliphatic carboxylic acids is 3. The summed E-state index contributed by atoms with van der Waals surface area (Å²) in [7, 11) is 0. The molecule has 0 fully saturated rings. The van der Waals surface area contributed by atoms with Gasteiger partial charge in [0.25, 0.3) is 0 Å². The number of nitrogens with two attached hydrogens (primary N) is 2. The minimum absolute atomic E-state index is 0.00800. The van der Waals surface area contributed by atoms with Crippen molar-refractivity contribution < 1.29 is 58.5 Å². The number of fused-ring (bicyclic) bond motifs is 1. The van der Waals surface area contributed by atoms with Crippen LogP contribution in [0.15, 0.2) is 30.5 Å². The molecule has 0 saturated carbocycles. The largest absolute Gasteiger partial charge is 0.481 e. The number of carboxylic acid groups (broad SMARTS) is 3. The predicted molar refractivity (Wildman–Crippen MR) is 204 cm³/mol. The van der Waals surface area contributed by atoms with E-state index in [0.717, 1.165) is 5.52 Å². The number of primary amides is 1. The third-order valence-electron chi connectivity index (χ3n) is 8.72. The highest BCUT2D eigenvalue weighted by Gasteiger charge is 2.34. The van der Waals surface area contributed by atoms with Crippen LogP contribution in [0.2, 0.25) is 0 Å². The van der Waals surface area contributed by atoms with E-state index < -0.39 is 122 Å². The van der Waals surface area contributed by atoms with Crippen LogP contribution in [0.1, 0.15) is 78.2 Å². The van der Waals surface area contributed by atoms with Gasteiger partial charge in [-0.25, -0.2) is 4.79 Å². The van der Waals surface area contributed by atoms with Gasteiger partial charge >= 0.3 is 17.9 Å². The molecule has 0 bridgehead atoms. The van der Waals surface area contributed by atoms with E-state index >= 15 is 0 Å². The van der Waals surface area contributed by atoms with Gasteiger partial charge in [-0.15, -0.1) is 0 Å². The Kier molecular flexibility index (Phi) is 18.6. The number of carboxylic acids is 3. The number of nitrogens with one attached hydrogen (secondary N) is 6. The minimum Gasteiger partial charge on any atom is -0.481 e. The lowest BCUT2D eigenvalue weighted by molar-refractivity contribution is -0.143. The first-order chi connectivity index (χ1) is 26.7. The topological polar surface area (TPSA) is 342 Å². The number of benzene rings is 1. The van der Waals surface area contributed by atoms with Crippen LogP contribution in [0, 0.1) is 11.8 Å². The molecule has 0 saturated heterocycles. The zero-order chi connectivity index (χ0) is 43.0. The fourth-order valence-electron chi connectivity index (χ4n) is 5.87. The van der Waals surface area contributed by atoms with Gasteiger partial charge in [-0.1, -0.05) is 45.9 Å². The first kappa shape index (κ1) is 47.1. The second-order valence-electron chi connectivity index (χ2n) is 14.6. The number of hydrogen-bond donors (Lipinski definition) is 11. The predicted octanol–water partition coefficient (Wildman–Crippen LogP) is -0.756. The molecule has 0 aliphatic carbocycles. The second-order valence-corrected chi connectivity index (χ2v) is 14.6. The van der Waals surface area contributed by atoms with Crippen molar-refractivity contribution in [1.82, 2.24) is 31.6 Å². The lowest BCUT2D eigenvalue weighted by atomic mass is 10.0. The summed E-state index contributed by atoms with van der Waals surface area (Å²) in [5, 5.41) is 41.1. The van der Waals surface area contributed by atoms with Crippen LogP contribution in [0.25, 0.3) is 10.9 Å². The number of amides is 6. The number of carbonyl (C=O) groups is 9. The van der Waals surface area contributed by atoms with E-state index in [-0.39, 0.29) is 31.1 Å². The van der Waals surface area contributed by atoms with E-state index in [1.165, 1.54) is 0 Å². The molecule has 1 heterocycles. The van der Waals surface area contributed by atoms with Crippen molar-refractivity contribution in [2.24, 2.45) is 23.3 Å². The summed E-state index contributed by atoms with van der Waals surface area (Å²) in [5.74, 6) is -9.97. The van der Waals surface area contributed by atoms with Gasteiger partial charge in [0.15, 0.2) is 0 Å². The summed E-state index contributed by atoms with van der Waals surface area (Å²) < 4.78 is 0. The third kappa shape index (κ3) is 16.3. The molecule has 6 amide bonds. The summed E-state index contributed by atoms with van der Waals surface area (Å²) >= 11 is 0. The molecule has 0 unspecified atom stereocenters. The van der Waals surface area contributed by atoms with E-state index in [1.54, 1.807) is 58.2 Å². The van der Waals surface area contributed by atoms with Crippen LogP contribution in [-0.4, -0.2) is 110 Å². The number of carbonyl (C=O) groups excluding carboxylic acids is 6. The summed E-state index contributed by atoms with van der Waals surface area (Å²) in [6.45, 7) is 6.98. The van der Waals surface area contributed by atoms with Gasteiger partial charge in [0, 0.05) is 36.4 Å². The van der Waals surface area contributed by atoms with E-state index in [4.69, 9.17) is 16.6 Å². The molecule has 2 rings (SSSR count). The molecule has 20 heteroatoms. The SMILES string of the molecule is CC(C)C[C@H](NC(=O)[C@H](Cc1c[nH]c2ccccc12)NC(=O)[C@H](CCC(N)=O)NC(=O)[C@H](CCC(=O)O)NC(=O)[C@H](CC(C)C)NC(=O)[C@@H](N)CC(=O)O)C(=O)O. The first-order valence-electron chi connectivity index (χ1n) is 18.4. The number of aromatic amines is 1. The average molecular weight is 803 g/mol. The van der Waals surface area contributed by atoms with Gasteiger partial charge in [0.1, 0.15) is 30.2 Å². The maximum atomic E-state index is 13.9. The quantitative estimate of drug-likeness (QED) is 0.0589. The van der Waals surface area contributed by atoms with E-state index in [2.05, 4.69) is 31.6 Å². The molecule has 20 nitrogen and oxygen atoms in total. The Morgan fingerprint density at radius 2 is 1.11 bits per heavy atom. The number of H-pyrrole nitrogens is 1.